The Hall–Kier alpha value is -4.32. The molecule has 2 atom stereocenters. The van der Waals surface area contributed by atoms with Gasteiger partial charge in [-0.1, -0.05) is 0 Å². The van der Waals surface area contributed by atoms with E-state index in [1.54, 1.807) is 31.2 Å². The molecule has 2 aromatic carbocycles. The quantitative estimate of drug-likeness (QED) is 0.311. The largest absolute Gasteiger partial charge is 0.493 e. The number of benzene rings is 2. The van der Waals surface area contributed by atoms with Gasteiger partial charge in [0.1, 0.15) is 24.1 Å². The van der Waals surface area contributed by atoms with Crippen molar-refractivity contribution in [1.82, 2.24) is 15.1 Å². The molecule has 40 heavy (non-hydrogen) atoms. The van der Waals surface area contributed by atoms with Gasteiger partial charge in [-0.2, -0.15) is 0 Å². The minimum atomic E-state index is -0.653. The summed E-state index contributed by atoms with van der Waals surface area (Å²) < 4.78 is 11.8. The Morgan fingerprint density at radius 2 is 1.82 bits per heavy atom. The number of likely N-dealkylation sites (tertiary alicyclic amines) is 1. The number of amides is 4. The fourth-order valence-electron chi connectivity index (χ4n) is 5.48. The normalized spacial score (nSPS) is 20.4. The maximum atomic E-state index is 13.4. The number of hydrogen-bond donors (Lipinski definition) is 1. The number of hydrogen-bond acceptors (Lipinski definition) is 6. The van der Waals surface area contributed by atoms with Crippen LogP contribution in [-0.2, 0) is 16.1 Å². The van der Waals surface area contributed by atoms with Gasteiger partial charge in [-0.15, -0.1) is 11.8 Å². The molecule has 0 spiro atoms. The van der Waals surface area contributed by atoms with Crippen LogP contribution in [0.2, 0.25) is 0 Å². The van der Waals surface area contributed by atoms with Crippen molar-refractivity contribution in [2.45, 2.75) is 64.1 Å². The lowest BCUT2D eigenvalue weighted by molar-refractivity contribution is -0.136. The van der Waals surface area contributed by atoms with E-state index in [2.05, 4.69) is 17.2 Å². The molecule has 0 aromatic heterocycles. The van der Waals surface area contributed by atoms with Crippen molar-refractivity contribution in [2.24, 2.45) is 0 Å². The number of ether oxygens (including phenoxy) is 2. The van der Waals surface area contributed by atoms with Gasteiger partial charge in [0.2, 0.25) is 11.8 Å². The van der Waals surface area contributed by atoms with E-state index in [9.17, 15) is 19.2 Å². The Labute approximate surface area is 233 Å². The second-order valence-electron chi connectivity index (χ2n) is 10.2. The molecular formula is C31H33N3O6. The van der Waals surface area contributed by atoms with Gasteiger partial charge in [0.25, 0.3) is 11.8 Å². The lowest BCUT2D eigenvalue weighted by Crippen LogP contribution is -2.52. The van der Waals surface area contributed by atoms with Crippen LogP contribution in [0.1, 0.15) is 71.7 Å². The smallest absolute Gasteiger partial charge is 0.255 e. The number of fused-ring (bicyclic) bond motifs is 1. The zero-order chi connectivity index (χ0) is 28.1. The second kappa shape index (κ2) is 12.2. The molecule has 9 nitrogen and oxygen atoms in total. The molecule has 2 fully saturated rings. The first kappa shape index (κ1) is 27.3. The minimum absolute atomic E-state index is 0.0314. The zero-order valence-electron chi connectivity index (χ0n) is 22.6. The van der Waals surface area contributed by atoms with E-state index in [1.165, 1.54) is 4.90 Å². The molecule has 208 valence electrons. The summed E-state index contributed by atoms with van der Waals surface area (Å²) in [5, 5.41) is 2.32. The highest BCUT2D eigenvalue weighted by molar-refractivity contribution is 6.05. The number of piperidine rings is 2. The van der Waals surface area contributed by atoms with Gasteiger partial charge in [-0.3, -0.25) is 24.5 Å². The Morgan fingerprint density at radius 1 is 1.02 bits per heavy atom. The van der Waals surface area contributed by atoms with Crippen LogP contribution >= 0.6 is 0 Å². The van der Waals surface area contributed by atoms with E-state index in [0.29, 0.717) is 55.2 Å². The molecule has 4 amide bonds. The lowest BCUT2D eigenvalue weighted by atomic mass is 10.0. The van der Waals surface area contributed by atoms with Gasteiger partial charge in [0, 0.05) is 37.1 Å². The van der Waals surface area contributed by atoms with Gasteiger partial charge in [0.05, 0.1) is 12.6 Å². The van der Waals surface area contributed by atoms with Crippen molar-refractivity contribution in [3.05, 3.63) is 59.2 Å². The summed E-state index contributed by atoms with van der Waals surface area (Å²) in [6.45, 7) is 3.60. The van der Waals surface area contributed by atoms with E-state index in [0.717, 1.165) is 24.8 Å². The van der Waals surface area contributed by atoms with Crippen LogP contribution in [0.15, 0.2) is 42.5 Å². The monoisotopic (exact) mass is 543 g/mol. The fraction of sp³-hybridized carbons (Fsp3) is 0.419. The fourth-order valence-corrected chi connectivity index (χ4v) is 5.48. The van der Waals surface area contributed by atoms with Crippen molar-refractivity contribution < 1.29 is 28.7 Å². The summed E-state index contributed by atoms with van der Waals surface area (Å²) in [7, 11) is 0. The number of nitrogens with one attached hydrogen (secondary N) is 1. The molecule has 0 radical (unpaired) electrons. The van der Waals surface area contributed by atoms with E-state index in [-0.39, 0.29) is 36.7 Å². The Kier molecular flexibility index (Phi) is 8.34. The number of rotatable bonds is 8. The Bertz CT molecular complexity index is 1360. The molecule has 2 aromatic rings. The highest BCUT2D eigenvalue weighted by Crippen LogP contribution is 2.31. The molecule has 0 aliphatic carbocycles. The van der Waals surface area contributed by atoms with E-state index >= 15 is 0 Å². The first-order valence-electron chi connectivity index (χ1n) is 13.8. The molecule has 1 N–H and O–H groups in total. The molecule has 3 aliphatic heterocycles. The second-order valence-corrected chi connectivity index (χ2v) is 10.2. The summed E-state index contributed by atoms with van der Waals surface area (Å²) in [5.41, 5.74) is 1.93. The molecule has 9 heteroatoms. The third kappa shape index (κ3) is 5.96. The van der Waals surface area contributed by atoms with Crippen LogP contribution in [0, 0.1) is 11.8 Å². The van der Waals surface area contributed by atoms with E-state index in [4.69, 9.17) is 9.47 Å². The average molecular weight is 544 g/mol. The molecule has 1 unspecified atom stereocenters. The third-order valence-electron chi connectivity index (χ3n) is 7.60. The number of carbonyl (C=O) groups excluding carboxylic acids is 4. The third-order valence-corrected chi connectivity index (χ3v) is 7.60. The van der Waals surface area contributed by atoms with Crippen LogP contribution in [0.25, 0.3) is 0 Å². The topological polar surface area (TPSA) is 105 Å². The van der Waals surface area contributed by atoms with Crippen molar-refractivity contribution in [2.75, 3.05) is 19.8 Å². The average Bonchev–Trinajstić information content (AvgIpc) is 3.29. The van der Waals surface area contributed by atoms with E-state index in [1.807, 2.05) is 23.1 Å². The lowest BCUT2D eigenvalue weighted by Gasteiger charge is -2.35. The predicted octanol–water partition coefficient (Wildman–Crippen LogP) is 3.31. The van der Waals surface area contributed by atoms with Crippen molar-refractivity contribution in [3.63, 3.8) is 0 Å². The van der Waals surface area contributed by atoms with E-state index < -0.39 is 11.9 Å². The maximum absolute atomic E-state index is 13.4. The molecular weight excluding hydrogens is 510 g/mol. The summed E-state index contributed by atoms with van der Waals surface area (Å²) in [4.78, 5) is 53.5. The minimum Gasteiger partial charge on any atom is -0.493 e. The highest BCUT2D eigenvalue weighted by atomic mass is 16.5. The molecule has 2 saturated heterocycles. The predicted molar refractivity (Wildman–Crippen MR) is 147 cm³/mol. The summed E-state index contributed by atoms with van der Waals surface area (Å²) in [6, 6.07) is 11.8. The van der Waals surface area contributed by atoms with Crippen LogP contribution < -0.4 is 14.8 Å². The summed E-state index contributed by atoms with van der Waals surface area (Å²) >= 11 is 0. The van der Waals surface area contributed by atoms with Gasteiger partial charge >= 0.3 is 0 Å². The van der Waals surface area contributed by atoms with Gasteiger partial charge in [-0.05, 0) is 80.6 Å². The molecule has 3 heterocycles. The number of carbonyl (C=O) groups is 4. The van der Waals surface area contributed by atoms with Gasteiger partial charge in [0.15, 0.2) is 0 Å². The SMILES string of the molecule is CC#CCCOc1ccc(C(=O)N2CCCC[C@H]2COc2ccc3c(c2)CN(C2CCC(=O)NC2=O)C3=O)cc1. The van der Waals surface area contributed by atoms with Crippen molar-refractivity contribution in [1.29, 1.82) is 0 Å². The zero-order valence-corrected chi connectivity index (χ0v) is 22.6. The molecule has 5 rings (SSSR count). The summed E-state index contributed by atoms with van der Waals surface area (Å²) in [6.07, 6.45) is 4.00. The molecule has 3 aliphatic rings. The highest BCUT2D eigenvalue weighted by Gasteiger charge is 2.39. The number of imide groups is 1. The van der Waals surface area contributed by atoms with Gasteiger partial charge < -0.3 is 19.3 Å². The van der Waals surface area contributed by atoms with Gasteiger partial charge in [-0.25, -0.2) is 0 Å². The summed E-state index contributed by atoms with van der Waals surface area (Å²) in [5.74, 6) is 6.14. The van der Waals surface area contributed by atoms with Crippen molar-refractivity contribution in [3.8, 4) is 23.3 Å². The van der Waals surface area contributed by atoms with Crippen molar-refractivity contribution >= 4 is 23.6 Å². The van der Waals surface area contributed by atoms with Crippen LogP contribution in [-0.4, -0.2) is 65.3 Å². The van der Waals surface area contributed by atoms with Crippen LogP contribution in [0.3, 0.4) is 0 Å². The first-order valence-corrected chi connectivity index (χ1v) is 13.8. The van der Waals surface area contributed by atoms with Crippen LogP contribution in [0.4, 0.5) is 0 Å². The first-order chi connectivity index (χ1) is 19.4. The molecule has 0 saturated carbocycles. The Balaban J connectivity index is 1.20. The standard InChI is InChI=1S/C31H33N3O6/c1-2-3-6-17-39-24-10-8-21(9-11-24)30(37)33-16-5-4-7-23(33)20-40-25-12-13-26-22(18-25)19-34(31(26)38)27-14-15-28(35)32-29(27)36/h8-13,18,23,27H,4-7,14-17,19-20H2,1H3,(H,32,35,36)/t23-,27?/m0/s1. The Morgan fingerprint density at radius 3 is 2.60 bits per heavy atom. The van der Waals surface area contributed by atoms with Crippen LogP contribution in [0.5, 0.6) is 11.5 Å². The number of nitrogens with zero attached hydrogens (tertiary/aromatic N) is 2. The maximum Gasteiger partial charge on any atom is 0.255 e. The molecule has 0 bridgehead atoms.